The van der Waals surface area contributed by atoms with Gasteiger partial charge in [-0.3, -0.25) is 4.79 Å². The Kier molecular flexibility index (Phi) is 1.23. The number of ketones is 1. The van der Waals surface area contributed by atoms with Crippen LogP contribution in [0.15, 0.2) is 12.2 Å². The Labute approximate surface area is 77.6 Å². The molecule has 2 fully saturated rings. The van der Waals surface area contributed by atoms with E-state index in [1.807, 2.05) is 6.92 Å². The third-order valence-electron chi connectivity index (χ3n) is 4.08. The van der Waals surface area contributed by atoms with E-state index in [1.54, 1.807) is 0 Å². The molecule has 0 amide bonds. The topological polar surface area (TPSA) is 37.3 Å². The van der Waals surface area contributed by atoms with Crippen LogP contribution in [0.4, 0.5) is 0 Å². The van der Waals surface area contributed by atoms with E-state index in [0.717, 1.165) is 6.42 Å². The van der Waals surface area contributed by atoms with Gasteiger partial charge in [-0.2, -0.15) is 0 Å². The average Bonchev–Trinajstić information content (AvgIpc) is 2.63. The quantitative estimate of drug-likeness (QED) is 0.565. The van der Waals surface area contributed by atoms with Crippen molar-refractivity contribution in [3.8, 4) is 0 Å². The highest BCUT2D eigenvalue weighted by Crippen LogP contribution is 2.57. The third kappa shape index (κ3) is 0.798. The van der Waals surface area contributed by atoms with Gasteiger partial charge in [0.2, 0.25) is 0 Å². The molecule has 1 N–H and O–H groups in total. The highest BCUT2D eigenvalue weighted by Gasteiger charge is 2.59. The predicted molar refractivity (Wildman–Crippen MR) is 48.0 cm³/mol. The van der Waals surface area contributed by atoms with Crippen LogP contribution < -0.4 is 0 Å². The van der Waals surface area contributed by atoms with Crippen molar-refractivity contribution in [1.82, 2.24) is 0 Å². The molecule has 0 spiro atoms. The molecular formula is C11H14O2. The molecule has 0 unspecified atom stereocenters. The van der Waals surface area contributed by atoms with Crippen LogP contribution in [0, 0.1) is 23.7 Å². The van der Waals surface area contributed by atoms with Crippen molar-refractivity contribution in [3.05, 3.63) is 12.2 Å². The normalized spacial score (nSPS) is 57.5. The lowest BCUT2D eigenvalue weighted by Gasteiger charge is -2.29. The SMILES string of the molecule is C[C@@]1(O)CC(=O)[C@H]2[C@@H]1[C@H]1C=C[C@H]2C1. The number of Topliss-reactive ketones (excluding diaryl/α,β-unsaturated/α-hetero) is 1. The predicted octanol–water partition coefficient (Wildman–Crippen LogP) is 1.15. The Bertz CT molecular complexity index is 303. The zero-order chi connectivity index (χ0) is 9.22. The minimum absolute atomic E-state index is 0.144. The molecule has 2 heteroatoms. The molecule has 3 aliphatic carbocycles. The third-order valence-corrected chi connectivity index (χ3v) is 4.08. The zero-order valence-corrected chi connectivity index (χ0v) is 7.73. The van der Waals surface area contributed by atoms with Crippen LogP contribution in [0.5, 0.6) is 0 Å². The van der Waals surface area contributed by atoms with Crippen molar-refractivity contribution in [3.63, 3.8) is 0 Å². The minimum atomic E-state index is -0.730. The van der Waals surface area contributed by atoms with Gasteiger partial charge in [-0.05, 0) is 25.2 Å². The monoisotopic (exact) mass is 178 g/mol. The summed E-state index contributed by atoms with van der Waals surface area (Å²) in [7, 11) is 0. The van der Waals surface area contributed by atoms with Gasteiger partial charge in [-0.25, -0.2) is 0 Å². The number of carbonyl (C=O) groups excluding carboxylic acids is 1. The van der Waals surface area contributed by atoms with Gasteiger partial charge in [0.05, 0.1) is 5.60 Å². The van der Waals surface area contributed by atoms with Crippen LogP contribution in [-0.4, -0.2) is 16.5 Å². The standard InChI is InChI=1S/C11H14O2/c1-11(13)5-8(12)9-6-2-3-7(4-6)10(9)11/h2-3,6-7,9-10,13H,4-5H2,1H3/t6-,7-,9-,10-,11+/m0/s1. The van der Waals surface area contributed by atoms with Gasteiger partial charge in [0.15, 0.2) is 0 Å². The van der Waals surface area contributed by atoms with Gasteiger partial charge in [0, 0.05) is 18.3 Å². The maximum absolute atomic E-state index is 11.7. The molecule has 0 aromatic rings. The van der Waals surface area contributed by atoms with E-state index in [-0.39, 0.29) is 17.6 Å². The van der Waals surface area contributed by atoms with Crippen LogP contribution >= 0.6 is 0 Å². The second-order valence-corrected chi connectivity index (χ2v) is 5.00. The molecule has 2 saturated carbocycles. The van der Waals surface area contributed by atoms with Gasteiger partial charge in [-0.15, -0.1) is 0 Å². The second kappa shape index (κ2) is 2.06. The van der Waals surface area contributed by atoms with Gasteiger partial charge < -0.3 is 5.11 Å². The molecule has 0 radical (unpaired) electrons. The summed E-state index contributed by atoms with van der Waals surface area (Å²) >= 11 is 0. The van der Waals surface area contributed by atoms with Crippen molar-refractivity contribution in [2.45, 2.75) is 25.4 Å². The molecule has 3 aliphatic rings. The van der Waals surface area contributed by atoms with Crippen LogP contribution in [0.1, 0.15) is 19.8 Å². The molecule has 13 heavy (non-hydrogen) atoms. The molecule has 3 rings (SSSR count). The summed E-state index contributed by atoms with van der Waals surface area (Å²) in [5, 5.41) is 10.1. The molecule has 70 valence electrons. The Morgan fingerprint density at radius 2 is 2.15 bits per heavy atom. The summed E-state index contributed by atoms with van der Waals surface area (Å²) in [4.78, 5) is 11.7. The highest BCUT2D eigenvalue weighted by molar-refractivity contribution is 5.86. The van der Waals surface area contributed by atoms with Crippen molar-refractivity contribution in [1.29, 1.82) is 0 Å². The molecule has 5 atom stereocenters. The second-order valence-electron chi connectivity index (χ2n) is 5.00. The fourth-order valence-electron chi connectivity index (χ4n) is 3.70. The van der Waals surface area contributed by atoms with Crippen LogP contribution in [0.2, 0.25) is 0 Å². The van der Waals surface area contributed by atoms with Crippen LogP contribution in [0.3, 0.4) is 0 Å². The molecule has 0 saturated heterocycles. The lowest BCUT2D eigenvalue weighted by atomic mass is 9.79. The first-order chi connectivity index (χ1) is 6.09. The fraction of sp³-hybridized carbons (Fsp3) is 0.727. The Morgan fingerprint density at radius 1 is 1.46 bits per heavy atom. The molecule has 0 heterocycles. The molecular weight excluding hydrogens is 164 g/mol. The van der Waals surface area contributed by atoms with E-state index in [0.29, 0.717) is 18.3 Å². The molecule has 0 aliphatic heterocycles. The molecule has 2 nitrogen and oxygen atoms in total. The maximum Gasteiger partial charge on any atom is 0.139 e. The summed E-state index contributed by atoms with van der Waals surface area (Å²) in [6.07, 6.45) is 5.83. The summed E-state index contributed by atoms with van der Waals surface area (Å²) in [6.45, 7) is 1.82. The lowest BCUT2D eigenvalue weighted by Crippen LogP contribution is -2.34. The van der Waals surface area contributed by atoms with E-state index >= 15 is 0 Å². The summed E-state index contributed by atoms with van der Waals surface area (Å²) < 4.78 is 0. The van der Waals surface area contributed by atoms with Crippen LogP contribution in [0.25, 0.3) is 0 Å². The number of rotatable bonds is 0. The summed E-state index contributed by atoms with van der Waals surface area (Å²) in [6, 6.07) is 0. The number of hydrogen-bond donors (Lipinski definition) is 1. The lowest BCUT2D eigenvalue weighted by molar-refractivity contribution is -0.122. The van der Waals surface area contributed by atoms with Gasteiger partial charge in [-0.1, -0.05) is 12.2 Å². The van der Waals surface area contributed by atoms with Crippen LogP contribution in [-0.2, 0) is 4.79 Å². The number of carbonyl (C=O) groups is 1. The Hall–Kier alpha value is -0.630. The smallest absolute Gasteiger partial charge is 0.139 e. The molecule has 0 aromatic heterocycles. The Morgan fingerprint density at radius 3 is 2.85 bits per heavy atom. The van der Waals surface area contributed by atoms with E-state index in [9.17, 15) is 9.90 Å². The number of fused-ring (bicyclic) bond motifs is 5. The van der Waals surface area contributed by atoms with Gasteiger partial charge in [0.25, 0.3) is 0 Å². The van der Waals surface area contributed by atoms with E-state index < -0.39 is 5.60 Å². The summed E-state index contributed by atoms with van der Waals surface area (Å²) in [5.41, 5.74) is -0.730. The van der Waals surface area contributed by atoms with Gasteiger partial charge >= 0.3 is 0 Å². The fourth-order valence-corrected chi connectivity index (χ4v) is 3.70. The van der Waals surface area contributed by atoms with Crippen molar-refractivity contribution in [2.75, 3.05) is 0 Å². The summed E-state index contributed by atoms with van der Waals surface area (Å²) in [5.74, 6) is 1.56. The van der Waals surface area contributed by atoms with Crippen molar-refractivity contribution >= 4 is 5.78 Å². The maximum atomic E-state index is 11.7. The van der Waals surface area contributed by atoms with E-state index in [1.165, 1.54) is 0 Å². The first kappa shape index (κ1) is 7.74. The number of aliphatic hydroxyl groups is 1. The molecule has 0 aromatic carbocycles. The first-order valence-electron chi connectivity index (χ1n) is 5.03. The number of hydrogen-bond acceptors (Lipinski definition) is 2. The molecule has 2 bridgehead atoms. The largest absolute Gasteiger partial charge is 0.389 e. The van der Waals surface area contributed by atoms with Crippen molar-refractivity contribution < 1.29 is 9.90 Å². The van der Waals surface area contributed by atoms with Crippen molar-refractivity contribution in [2.24, 2.45) is 23.7 Å². The van der Waals surface area contributed by atoms with E-state index in [4.69, 9.17) is 0 Å². The van der Waals surface area contributed by atoms with E-state index in [2.05, 4.69) is 12.2 Å². The first-order valence-corrected chi connectivity index (χ1v) is 5.03. The Balaban J connectivity index is 2.06. The zero-order valence-electron chi connectivity index (χ0n) is 7.73. The number of allylic oxidation sites excluding steroid dienone is 2. The average molecular weight is 178 g/mol. The highest BCUT2D eigenvalue weighted by atomic mass is 16.3. The van der Waals surface area contributed by atoms with Gasteiger partial charge in [0.1, 0.15) is 5.78 Å². The minimum Gasteiger partial charge on any atom is -0.389 e.